The van der Waals surface area contributed by atoms with Crippen molar-refractivity contribution in [2.75, 3.05) is 6.54 Å². The first-order valence-corrected chi connectivity index (χ1v) is 8.97. The predicted octanol–water partition coefficient (Wildman–Crippen LogP) is 3.27. The van der Waals surface area contributed by atoms with Crippen molar-refractivity contribution >= 4 is 23.3 Å². The molecule has 3 N–H and O–H groups in total. The fourth-order valence-corrected chi connectivity index (χ4v) is 3.26. The molecule has 6 nitrogen and oxygen atoms in total. The normalized spacial score (nSPS) is 11.1. The minimum absolute atomic E-state index is 0.217. The van der Waals surface area contributed by atoms with Crippen LogP contribution in [0.5, 0.6) is 0 Å². The summed E-state index contributed by atoms with van der Waals surface area (Å²) in [5.41, 5.74) is 10.7. The first-order chi connectivity index (χ1) is 12.5. The molecule has 0 unspecified atom stereocenters. The smallest absolute Gasteiger partial charge is 0.271 e. The maximum absolute atomic E-state index is 12.3. The number of aryl methyl sites for hydroxylation is 2. The summed E-state index contributed by atoms with van der Waals surface area (Å²) in [6.07, 6.45) is 2.55. The number of nitrogens with zero attached hydrogens (tertiary/aromatic N) is 3. The molecule has 1 amide bonds. The molecule has 0 aliphatic carbocycles. The van der Waals surface area contributed by atoms with Gasteiger partial charge in [-0.2, -0.15) is 0 Å². The van der Waals surface area contributed by atoms with Gasteiger partial charge in [0.1, 0.15) is 5.69 Å². The lowest BCUT2D eigenvalue weighted by Crippen LogP contribution is -2.24. The summed E-state index contributed by atoms with van der Waals surface area (Å²) in [4.78, 5) is 21.2. The van der Waals surface area contributed by atoms with E-state index in [1.54, 1.807) is 10.6 Å². The molecule has 26 heavy (non-hydrogen) atoms. The number of amides is 1. The number of rotatable bonds is 5. The first kappa shape index (κ1) is 18.4. The molecule has 0 aliphatic heterocycles. The second-order valence-electron chi connectivity index (χ2n) is 6.26. The summed E-state index contributed by atoms with van der Waals surface area (Å²) >= 11 is 6.51. The van der Waals surface area contributed by atoms with Crippen molar-refractivity contribution in [1.82, 2.24) is 19.7 Å². The van der Waals surface area contributed by atoms with Crippen LogP contribution in [0.3, 0.4) is 0 Å². The fourth-order valence-electron chi connectivity index (χ4n) is 2.94. The molecular formula is C19H22ClN5O. The van der Waals surface area contributed by atoms with Crippen molar-refractivity contribution in [1.29, 1.82) is 0 Å². The monoisotopic (exact) mass is 371 g/mol. The molecule has 3 rings (SSSR count). The highest BCUT2D eigenvalue weighted by Gasteiger charge is 2.19. The molecular weight excluding hydrogens is 350 g/mol. The second-order valence-corrected chi connectivity index (χ2v) is 6.67. The van der Waals surface area contributed by atoms with Crippen LogP contribution in [0.4, 0.5) is 0 Å². The third kappa shape index (κ3) is 3.30. The van der Waals surface area contributed by atoms with Crippen LogP contribution in [0.1, 0.15) is 40.7 Å². The van der Waals surface area contributed by atoms with Crippen molar-refractivity contribution in [2.45, 2.75) is 33.7 Å². The minimum atomic E-state index is -0.217. The van der Waals surface area contributed by atoms with Crippen LogP contribution in [0.2, 0.25) is 5.02 Å². The van der Waals surface area contributed by atoms with Crippen molar-refractivity contribution in [3.63, 3.8) is 0 Å². The molecule has 0 bridgehead atoms. The van der Waals surface area contributed by atoms with Crippen LogP contribution < -0.4 is 11.1 Å². The maximum Gasteiger partial charge on any atom is 0.271 e. The van der Waals surface area contributed by atoms with Crippen molar-refractivity contribution < 1.29 is 4.79 Å². The molecule has 0 saturated carbocycles. The molecule has 0 radical (unpaired) electrons. The van der Waals surface area contributed by atoms with Gasteiger partial charge in [0.2, 0.25) is 5.78 Å². The van der Waals surface area contributed by atoms with Gasteiger partial charge in [-0.3, -0.25) is 9.20 Å². The Balaban J connectivity index is 2.25. The Morgan fingerprint density at radius 3 is 2.73 bits per heavy atom. The number of hydrogen-bond acceptors (Lipinski definition) is 4. The van der Waals surface area contributed by atoms with Gasteiger partial charge in [0.25, 0.3) is 5.91 Å². The average Bonchev–Trinajstić information content (AvgIpc) is 3.02. The number of benzene rings is 1. The number of aromatic nitrogens is 3. The zero-order valence-corrected chi connectivity index (χ0v) is 15.9. The van der Waals surface area contributed by atoms with Gasteiger partial charge < -0.3 is 11.1 Å². The number of carbonyl (C=O) groups excluding carboxylic acids is 1. The molecule has 2 heterocycles. The van der Waals surface area contributed by atoms with E-state index in [1.165, 1.54) is 0 Å². The number of carbonyl (C=O) groups is 1. The fraction of sp³-hybridized carbons (Fsp3) is 0.316. The van der Waals surface area contributed by atoms with Gasteiger partial charge in [-0.25, -0.2) is 9.97 Å². The lowest BCUT2D eigenvalue weighted by atomic mass is 10.0. The van der Waals surface area contributed by atoms with Gasteiger partial charge in [-0.05, 0) is 31.9 Å². The Bertz CT molecular complexity index is 980. The Hall–Kier alpha value is -2.44. The summed E-state index contributed by atoms with van der Waals surface area (Å²) in [6, 6.07) is 5.86. The quantitative estimate of drug-likeness (QED) is 0.720. The van der Waals surface area contributed by atoms with Gasteiger partial charge in [0.15, 0.2) is 0 Å². The van der Waals surface area contributed by atoms with Crippen LogP contribution >= 0.6 is 11.6 Å². The summed E-state index contributed by atoms with van der Waals surface area (Å²) in [6.45, 7) is 6.78. The molecule has 136 valence electrons. The predicted molar refractivity (Wildman–Crippen MR) is 103 cm³/mol. The lowest BCUT2D eigenvalue weighted by Gasteiger charge is -2.15. The minimum Gasteiger partial charge on any atom is -0.351 e. The number of halogens is 1. The van der Waals surface area contributed by atoms with E-state index < -0.39 is 0 Å². The highest BCUT2D eigenvalue weighted by molar-refractivity contribution is 6.33. The maximum atomic E-state index is 12.3. The van der Waals surface area contributed by atoms with Crippen LogP contribution in [0.15, 0.2) is 24.4 Å². The van der Waals surface area contributed by atoms with E-state index in [0.717, 1.165) is 34.5 Å². The van der Waals surface area contributed by atoms with E-state index in [1.807, 2.05) is 39.0 Å². The molecule has 1 aromatic carbocycles. The van der Waals surface area contributed by atoms with Crippen LogP contribution in [-0.2, 0) is 6.54 Å². The van der Waals surface area contributed by atoms with E-state index in [4.69, 9.17) is 17.3 Å². The third-order valence-corrected chi connectivity index (χ3v) is 4.58. The Kier molecular flexibility index (Phi) is 5.25. The zero-order valence-electron chi connectivity index (χ0n) is 15.1. The SMILES string of the molecule is CCCNC(=O)c1cn2c(-c3ccc(C)cc3Cl)c(CN)c(C)nc2n1. The third-order valence-electron chi connectivity index (χ3n) is 4.27. The standard InChI is InChI=1S/C19H22ClN5O/c1-4-7-22-18(26)16-10-25-17(13-6-5-11(2)8-15(13)20)14(9-21)12(3)23-19(25)24-16/h5-6,8,10H,4,7,9,21H2,1-3H3,(H,22,26). The van der Waals surface area contributed by atoms with Gasteiger partial charge in [-0.1, -0.05) is 30.7 Å². The van der Waals surface area contributed by atoms with Crippen molar-refractivity contribution in [2.24, 2.45) is 5.73 Å². The van der Waals surface area contributed by atoms with Gasteiger partial charge >= 0.3 is 0 Å². The van der Waals surface area contributed by atoms with E-state index in [2.05, 4.69) is 15.3 Å². The van der Waals surface area contributed by atoms with Crippen LogP contribution in [0.25, 0.3) is 17.0 Å². The van der Waals surface area contributed by atoms with Crippen molar-refractivity contribution in [3.05, 3.63) is 51.9 Å². The molecule has 0 saturated heterocycles. The lowest BCUT2D eigenvalue weighted by molar-refractivity contribution is 0.0949. The van der Waals surface area contributed by atoms with E-state index in [-0.39, 0.29) is 5.91 Å². The zero-order chi connectivity index (χ0) is 18.8. The van der Waals surface area contributed by atoms with Crippen LogP contribution in [-0.4, -0.2) is 26.8 Å². The Morgan fingerprint density at radius 2 is 2.08 bits per heavy atom. The number of hydrogen-bond donors (Lipinski definition) is 2. The number of fused-ring (bicyclic) bond motifs is 1. The average molecular weight is 372 g/mol. The number of imidazole rings is 1. The summed E-state index contributed by atoms with van der Waals surface area (Å²) in [5, 5.41) is 3.46. The molecule has 0 spiro atoms. The molecule has 0 fully saturated rings. The molecule has 3 aromatic rings. The van der Waals surface area contributed by atoms with E-state index in [9.17, 15) is 4.79 Å². The van der Waals surface area contributed by atoms with Gasteiger partial charge in [-0.15, -0.1) is 0 Å². The molecule has 2 aromatic heterocycles. The molecule has 7 heteroatoms. The summed E-state index contributed by atoms with van der Waals surface area (Å²) in [5.74, 6) is 0.234. The van der Waals surface area contributed by atoms with Gasteiger partial charge in [0.05, 0.1) is 10.7 Å². The topological polar surface area (TPSA) is 85.3 Å². The molecule has 0 aliphatic rings. The largest absolute Gasteiger partial charge is 0.351 e. The summed E-state index contributed by atoms with van der Waals surface area (Å²) < 4.78 is 1.80. The van der Waals surface area contributed by atoms with E-state index >= 15 is 0 Å². The Morgan fingerprint density at radius 1 is 1.31 bits per heavy atom. The second kappa shape index (κ2) is 7.43. The van der Waals surface area contributed by atoms with Crippen molar-refractivity contribution in [3.8, 4) is 11.3 Å². The van der Waals surface area contributed by atoms with Crippen LogP contribution in [0, 0.1) is 13.8 Å². The summed E-state index contributed by atoms with van der Waals surface area (Å²) in [7, 11) is 0. The Labute approximate surface area is 157 Å². The number of nitrogens with two attached hydrogens (primary N) is 1. The highest BCUT2D eigenvalue weighted by atomic mass is 35.5. The van der Waals surface area contributed by atoms with Gasteiger partial charge in [0, 0.05) is 36.1 Å². The highest BCUT2D eigenvalue weighted by Crippen LogP contribution is 2.32. The first-order valence-electron chi connectivity index (χ1n) is 8.59. The number of nitrogens with one attached hydrogen (secondary N) is 1. The van der Waals surface area contributed by atoms with E-state index in [0.29, 0.717) is 29.6 Å². The molecule has 0 atom stereocenters.